The van der Waals surface area contributed by atoms with Gasteiger partial charge in [0.15, 0.2) is 0 Å². The molecule has 0 aromatic carbocycles. The minimum absolute atomic E-state index is 0.0269. The van der Waals surface area contributed by atoms with Gasteiger partial charge in [-0.3, -0.25) is 0 Å². The number of rotatable bonds is 8. The van der Waals surface area contributed by atoms with Gasteiger partial charge in [0.1, 0.15) is 24.4 Å². The number of aliphatic hydroxyl groups excluding tert-OH is 3. The Kier molecular flexibility index (Phi) is 8.25. The standard InChI is InChI=1S/C14H26O5/c1-2-3-4-5-6-7-8-18-10-12-14(17)13(16)11(15)9-19-12/h6-7,11-17H,2-5,8-10H2,1H3/b7-6+/t11-,12+,13+,14+/m1/s1. The van der Waals surface area contributed by atoms with E-state index in [1.54, 1.807) is 0 Å². The molecule has 19 heavy (non-hydrogen) atoms. The Morgan fingerprint density at radius 3 is 2.68 bits per heavy atom. The Labute approximate surface area is 114 Å². The molecule has 0 bridgehead atoms. The lowest BCUT2D eigenvalue weighted by Gasteiger charge is -2.34. The molecule has 1 heterocycles. The van der Waals surface area contributed by atoms with Crippen molar-refractivity contribution in [2.24, 2.45) is 0 Å². The van der Waals surface area contributed by atoms with Crippen LogP contribution in [-0.4, -0.2) is 59.6 Å². The van der Waals surface area contributed by atoms with Gasteiger partial charge in [0.2, 0.25) is 0 Å². The van der Waals surface area contributed by atoms with Gasteiger partial charge in [0.25, 0.3) is 0 Å². The third kappa shape index (κ3) is 6.01. The number of unbranched alkanes of at least 4 members (excludes halogenated alkanes) is 3. The zero-order chi connectivity index (χ0) is 14.1. The second-order valence-corrected chi connectivity index (χ2v) is 4.92. The lowest BCUT2D eigenvalue weighted by atomic mass is 10.0. The first kappa shape index (κ1) is 16.6. The van der Waals surface area contributed by atoms with Crippen LogP contribution in [0.25, 0.3) is 0 Å². The second kappa shape index (κ2) is 9.44. The van der Waals surface area contributed by atoms with E-state index >= 15 is 0 Å². The fourth-order valence-corrected chi connectivity index (χ4v) is 1.96. The maximum absolute atomic E-state index is 9.67. The fraction of sp³-hybridized carbons (Fsp3) is 0.857. The van der Waals surface area contributed by atoms with Gasteiger partial charge in [-0.15, -0.1) is 0 Å². The summed E-state index contributed by atoms with van der Waals surface area (Å²) in [5.41, 5.74) is 0. The maximum Gasteiger partial charge on any atom is 0.111 e. The van der Waals surface area contributed by atoms with Crippen molar-refractivity contribution in [3.8, 4) is 0 Å². The molecule has 3 N–H and O–H groups in total. The molecule has 0 amide bonds. The molecule has 0 unspecified atom stereocenters. The van der Waals surface area contributed by atoms with Crippen LogP contribution in [0, 0.1) is 0 Å². The lowest BCUT2D eigenvalue weighted by Crippen LogP contribution is -2.54. The van der Waals surface area contributed by atoms with Crippen molar-refractivity contribution < 1.29 is 24.8 Å². The fourth-order valence-electron chi connectivity index (χ4n) is 1.96. The Hall–Kier alpha value is -0.460. The van der Waals surface area contributed by atoms with Crippen LogP contribution in [0.3, 0.4) is 0 Å². The highest BCUT2D eigenvalue weighted by atomic mass is 16.6. The van der Waals surface area contributed by atoms with Crippen molar-refractivity contribution >= 4 is 0 Å². The number of hydrogen-bond acceptors (Lipinski definition) is 5. The summed E-state index contributed by atoms with van der Waals surface area (Å²) < 4.78 is 10.6. The van der Waals surface area contributed by atoms with E-state index in [4.69, 9.17) is 9.47 Å². The molecule has 0 radical (unpaired) electrons. The third-order valence-corrected chi connectivity index (χ3v) is 3.24. The number of ether oxygens (including phenoxy) is 2. The molecule has 1 saturated heterocycles. The predicted molar refractivity (Wildman–Crippen MR) is 71.9 cm³/mol. The van der Waals surface area contributed by atoms with E-state index in [9.17, 15) is 15.3 Å². The number of aliphatic hydroxyl groups is 3. The van der Waals surface area contributed by atoms with Crippen LogP contribution in [0.1, 0.15) is 32.6 Å². The van der Waals surface area contributed by atoms with Crippen LogP contribution in [0.4, 0.5) is 0 Å². The molecule has 4 atom stereocenters. The number of hydrogen-bond donors (Lipinski definition) is 3. The van der Waals surface area contributed by atoms with E-state index in [2.05, 4.69) is 13.0 Å². The summed E-state index contributed by atoms with van der Waals surface area (Å²) in [5, 5.41) is 28.5. The van der Waals surface area contributed by atoms with E-state index in [0.717, 1.165) is 6.42 Å². The van der Waals surface area contributed by atoms with Crippen molar-refractivity contribution in [2.75, 3.05) is 19.8 Å². The van der Waals surface area contributed by atoms with Gasteiger partial charge in [0, 0.05) is 0 Å². The quantitative estimate of drug-likeness (QED) is 0.447. The summed E-state index contributed by atoms with van der Waals surface area (Å²) in [7, 11) is 0. The van der Waals surface area contributed by atoms with Crippen LogP contribution in [-0.2, 0) is 9.47 Å². The van der Waals surface area contributed by atoms with Gasteiger partial charge < -0.3 is 24.8 Å². The summed E-state index contributed by atoms with van der Waals surface area (Å²) >= 11 is 0. The van der Waals surface area contributed by atoms with Crippen molar-refractivity contribution in [1.82, 2.24) is 0 Å². The van der Waals surface area contributed by atoms with Gasteiger partial charge in [-0.2, -0.15) is 0 Å². The SMILES string of the molecule is CCCCC/C=C/COC[C@@H]1OC[C@@H](O)[C@H](O)[C@H]1O. The molecule has 5 heteroatoms. The van der Waals surface area contributed by atoms with E-state index in [1.165, 1.54) is 19.3 Å². The first-order valence-electron chi connectivity index (χ1n) is 7.05. The highest BCUT2D eigenvalue weighted by Crippen LogP contribution is 2.15. The Morgan fingerprint density at radius 1 is 1.16 bits per heavy atom. The summed E-state index contributed by atoms with van der Waals surface area (Å²) in [6.07, 6.45) is 4.90. The van der Waals surface area contributed by atoms with Crippen LogP contribution >= 0.6 is 0 Å². The molecular formula is C14H26O5. The van der Waals surface area contributed by atoms with Gasteiger partial charge in [-0.1, -0.05) is 31.9 Å². The second-order valence-electron chi connectivity index (χ2n) is 4.92. The van der Waals surface area contributed by atoms with Crippen molar-refractivity contribution in [1.29, 1.82) is 0 Å². The summed E-state index contributed by atoms with van der Waals surface area (Å²) in [4.78, 5) is 0. The number of allylic oxidation sites excluding steroid dienone is 1. The summed E-state index contributed by atoms with van der Waals surface area (Å²) in [5.74, 6) is 0. The molecule has 0 saturated carbocycles. The zero-order valence-electron chi connectivity index (χ0n) is 11.6. The molecule has 1 aliphatic rings. The predicted octanol–water partition coefficient (Wildman–Crippen LogP) is 0.621. The molecule has 0 aromatic heterocycles. The largest absolute Gasteiger partial charge is 0.388 e. The first-order valence-corrected chi connectivity index (χ1v) is 7.05. The zero-order valence-corrected chi connectivity index (χ0v) is 11.6. The average Bonchev–Trinajstić information content (AvgIpc) is 2.41. The Bertz CT molecular complexity index is 256. The van der Waals surface area contributed by atoms with Crippen LogP contribution in [0.15, 0.2) is 12.2 Å². The van der Waals surface area contributed by atoms with Gasteiger partial charge in [0.05, 0.1) is 19.8 Å². The smallest absolute Gasteiger partial charge is 0.111 e. The summed E-state index contributed by atoms with van der Waals surface area (Å²) in [6.45, 7) is 2.88. The Balaban J connectivity index is 2.09. The molecule has 0 aromatic rings. The molecular weight excluding hydrogens is 248 g/mol. The first-order chi connectivity index (χ1) is 9.16. The minimum Gasteiger partial charge on any atom is -0.388 e. The topological polar surface area (TPSA) is 79.2 Å². The lowest BCUT2D eigenvalue weighted by molar-refractivity contribution is -0.198. The van der Waals surface area contributed by atoms with E-state index < -0.39 is 24.4 Å². The maximum atomic E-state index is 9.67. The van der Waals surface area contributed by atoms with E-state index in [-0.39, 0.29) is 13.2 Å². The van der Waals surface area contributed by atoms with Crippen LogP contribution in [0.2, 0.25) is 0 Å². The molecule has 1 rings (SSSR count). The molecule has 112 valence electrons. The Morgan fingerprint density at radius 2 is 1.95 bits per heavy atom. The molecule has 5 nitrogen and oxygen atoms in total. The highest BCUT2D eigenvalue weighted by molar-refractivity contribution is 4.87. The molecule has 1 aliphatic heterocycles. The van der Waals surface area contributed by atoms with E-state index in [0.29, 0.717) is 6.61 Å². The minimum atomic E-state index is -1.16. The normalized spacial score (nSPS) is 32.0. The van der Waals surface area contributed by atoms with Gasteiger partial charge >= 0.3 is 0 Å². The van der Waals surface area contributed by atoms with Crippen molar-refractivity contribution in [2.45, 2.75) is 57.0 Å². The van der Waals surface area contributed by atoms with Crippen molar-refractivity contribution in [3.63, 3.8) is 0 Å². The molecule has 0 aliphatic carbocycles. The molecule has 1 fully saturated rings. The third-order valence-electron chi connectivity index (χ3n) is 3.24. The monoisotopic (exact) mass is 274 g/mol. The van der Waals surface area contributed by atoms with Crippen LogP contribution < -0.4 is 0 Å². The van der Waals surface area contributed by atoms with E-state index in [1.807, 2.05) is 6.08 Å². The van der Waals surface area contributed by atoms with Crippen molar-refractivity contribution in [3.05, 3.63) is 12.2 Å². The highest BCUT2D eigenvalue weighted by Gasteiger charge is 2.37. The van der Waals surface area contributed by atoms with Gasteiger partial charge in [-0.25, -0.2) is 0 Å². The summed E-state index contributed by atoms with van der Waals surface area (Å²) in [6, 6.07) is 0. The van der Waals surface area contributed by atoms with Crippen LogP contribution in [0.5, 0.6) is 0 Å². The van der Waals surface area contributed by atoms with Gasteiger partial charge in [-0.05, 0) is 12.8 Å². The molecule has 0 spiro atoms. The average molecular weight is 274 g/mol.